The molecule has 0 radical (unpaired) electrons. The van der Waals surface area contributed by atoms with Crippen LogP contribution in [0.4, 0.5) is 21.0 Å². The van der Waals surface area contributed by atoms with Crippen LogP contribution >= 0.6 is 0 Å². The molecule has 0 unspecified atom stereocenters. The second kappa shape index (κ2) is 16.8. The van der Waals surface area contributed by atoms with Crippen LogP contribution in [0.5, 0.6) is 0 Å². The number of amides is 4. The van der Waals surface area contributed by atoms with Crippen molar-refractivity contribution in [1.29, 1.82) is 0 Å². The molecule has 1 rings (SSSR count). The topological polar surface area (TPSA) is 119 Å². The molecule has 4 amide bonds. The summed E-state index contributed by atoms with van der Waals surface area (Å²) in [5.41, 5.74) is 2.06. The van der Waals surface area contributed by atoms with Crippen LogP contribution in [0.2, 0.25) is 104 Å². The first kappa shape index (κ1) is 41.9. The minimum absolute atomic E-state index is 0.284. The van der Waals surface area contributed by atoms with Gasteiger partial charge in [0.25, 0.3) is 0 Å². The molecule has 0 aromatic heterocycles. The maximum Gasteiger partial charge on any atom is 0.319 e. The van der Waals surface area contributed by atoms with Gasteiger partial charge in [-0.1, -0.05) is 6.07 Å². The number of carbonyl (C=O) groups excluding carboxylic acids is 2. The van der Waals surface area contributed by atoms with Gasteiger partial charge in [-0.2, -0.15) is 0 Å². The lowest BCUT2D eigenvalue weighted by atomic mass is 10.1. The molecule has 1 aromatic rings. The van der Waals surface area contributed by atoms with Gasteiger partial charge in [0.2, 0.25) is 0 Å². The molecule has 0 spiro atoms. The molecule has 16 heteroatoms. The average Bonchev–Trinajstić information content (AvgIpc) is 2.77. The lowest BCUT2D eigenvalue weighted by Crippen LogP contribution is -2.52. The molecule has 0 saturated carbocycles. The maximum atomic E-state index is 12.7. The minimum atomic E-state index is -2.34. The number of anilines is 2. The Morgan fingerprint density at radius 2 is 0.844 bits per heavy atom. The fraction of sp³-hybridized carbons (Fsp3) is 0.724. The van der Waals surface area contributed by atoms with Gasteiger partial charge >= 0.3 is 29.2 Å². The van der Waals surface area contributed by atoms with E-state index in [-0.39, 0.29) is 12.1 Å². The summed E-state index contributed by atoms with van der Waals surface area (Å²) < 4.78 is 26.2. The second-order valence-corrected chi connectivity index (χ2v) is 41.8. The van der Waals surface area contributed by atoms with E-state index < -0.39 is 50.4 Å². The molecule has 0 bridgehead atoms. The number of benzene rings is 1. The quantitative estimate of drug-likeness (QED) is 0.0887. The van der Waals surface area contributed by atoms with E-state index >= 15 is 0 Å². The molecular formula is C29H64N4O6Si6. The zero-order valence-electron chi connectivity index (χ0n) is 30.9. The average molecular weight is 733 g/mol. The van der Waals surface area contributed by atoms with Crippen molar-refractivity contribution in [2.24, 2.45) is 0 Å². The van der Waals surface area contributed by atoms with E-state index in [1.807, 2.05) is 25.1 Å². The Hall–Kier alpha value is -1.10. The van der Waals surface area contributed by atoms with Gasteiger partial charge in [0, 0.05) is 24.5 Å². The fourth-order valence-corrected chi connectivity index (χ4v) is 30.4. The third kappa shape index (κ3) is 19.4. The van der Waals surface area contributed by atoms with Gasteiger partial charge in [0.15, 0.2) is 33.3 Å². The Balaban J connectivity index is 2.65. The predicted octanol–water partition coefficient (Wildman–Crippen LogP) is 8.57. The number of hydrogen-bond donors (Lipinski definition) is 4. The van der Waals surface area contributed by atoms with Crippen molar-refractivity contribution >= 4 is 73.8 Å². The number of nitrogens with one attached hydrogen (secondary N) is 4. The Morgan fingerprint density at radius 3 is 1.11 bits per heavy atom. The molecule has 0 fully saturated rings. The maximum absolute atomic E-state index is 12.7. The van der Waals surface area contributed by atoms with E-state index in [1.165, 1.54) is 0 Å². The van der Waals surface area contributed by atoms with Crippen molar-refractivity contribution in [2.75, 3.05) is 23.7 Å². The van der Waals surface area contributed by atoms with Gasteiger partial charge in [-0.05, 0) is 141 Å². The lowest BCUT2D eigenvalue weighted by Gasteiger charge is -2.38. The van der Waals surface area contributed by atoms with E-state index in [4.69, 9.17) is 16.5 Å². The predicted molar refractivity (Wildman–Crippen MR) is 205 cm³/mol. The monoisotopic (exact) mass is 732 g/mol. The molecule has 10 nitrogen and oxygen atoms in total. The summed E-state index contributed by atoms with van der Waals surface area (Å²) in [4.78, 5) is 25.5. The molecule has 260 valence electrons. The van der Waals surface area contributed by atoms with Crippen molar-refractivity contribution in [3.05, 3.63) is 23.8 Å². The standard InChI is InChI=1S/C29H64N4O6Si6/c1-25-26(32-28(34)30-21-17-23-44(14,36-40(2,3)4)37-41(5,6)7)19-16-20-27(25)33-29(35)31-22-18-24-45(15,38-42(8,9)10)39-43(11,12)13/h16,19-20H,17-18,21-24H2,1-15H3,(H2,30,32,34)(H2,31,33,35). The SMILES string of the molecule is Cc1c(NC(=O)NCCC[Si](C)(O[Si](C)(C)C)O[Si](C)(C)C)cccc1NC(=O)NCCC[Si](C)(O[Si](C)(C)C)O[Si](C)(C)C. The van der Waals surface area contributed by atoms with Crippen molar-refractivity contribution < 1.29 is 26.0 Å². The van der Waals surface area contributed by atoms with Gasteiger partial charge in [-0.15, -0.1) is 0 Å². The summed E-state index contributed by atoms with van der Waals surface area (Å²) in [6.07, 6.45) is 1.56. The molecule has 0 saturated heterocycles. The van der Waals surface area contributed by atoms with Crippen LogP contribution in [0.3, 0.4) is 0 Å². The zero-order valence-corrected chi connectivity index (χ0v) is 36.9. The van der Waals surface area contributed by atoms with E-state index in [9.17, 15) is 9.59 Å². The molecule has 0 aliphatic carbocycles. The van der Waals surface area contributed by atoms with Crippen molar-refractivity contribution in [3.63, 3.8) is 0 Å². The highest BCUT2D eigenvalue weighted by molar-refractivity contribution is 6.88. The molecule has 4 N–H and O–H groups in total. The Bertz CT molecular complexity index is 1000. The second-order valence-electron chi connectivity index (χ2n) is 16.1. The van der Waals surface area contributed by atoms with Gasteiger partial charge in [0.05, 0.1) is 0 Å². The summed E-state index contributed by atoms with van der Waals surface area (Å²) in [7, 11) is -11.7. The van der Waals surface area contributed by atoms with Crippen LogP contribution in [-0.2, 0) is 16.5 Å². The minimum Gasteiger partial charge on any atom is -0.437 e. The summed E-state index contributed by atoms with van der Waals surface area (Å²) in [5.74, 6) is 0. The first-order valence-electron chi connectivity index (χ1n) is 16.2. The smallest absolute Gasteiger partial charge is 0.319 e. The Kier molecular flexibility index (Phi) is 15.7. The Morgan fingerprint density at radius 1 is 0.556 bits per heavy atom. The summed E-state index contributed by atoms with van der Waals surface area (Å²) >= 11 is 0. The highest BCUT2D eigenvalue weighted by Gasteiger charge is 2.41. The van der Waals surface area contributed by atoms with Crippen molar-refractivity contribution in [3.8, 4) is 0 Å². The van der Waals surface area contributed by atoms with Crippen LogP contribution in [0.15, 0.2) is 18.2 Å². The van der Waals surface area contributed by atoms with Crippen LogP contribution in [0, 0.1) is 6.92 Å². The first-order valence-corrected chi connectivity index (χ1v) is 34.9. The summed E-state index contributed by atoms with van der Waals surface area (Å²) in [5, 5.41) is 11.8. The van der Waals surface area contributed by atoms with Crippen LogP contribution in [-0.4, -0.2) is 75.5 Å². The van der Waals surface area contributed by atoms with Crippen molar-refractivity contribution in [2.45, 2.75) is 124 Å². The van der Waals surface area contributed by atoms with Gasteiger partial charge in [-0.3, -0.25) is 0 Å². The highest BCUT2D eigenvalue weighted by Crippen LogP contribution is 2.27. The van der Waals surface area contributed by atoms with E-state index in [0.29, 0.717) is 24.5 Å². The van der Waals surface area contributed by atoms with Crippen LogP contribution in [0.25, 0.3) is 0 Å². The molecular weight excluding hydrogens is 669 g/mol. The molecule has 1 aromatic carbocycles. The molecule has 0 atom stereocenters. The fourth-order valence-electron chi connectivity index (χ4n) is 5.30. The molecule has 45 heavy (non-hydrogen) atoms. The molecule has 0 aliphatic heterocycles. The van der Waals surface area contributed by atoms with Gasteiger partial charge in [0.1, 0.15) is 0 Å². The van der Waals surface area contributed by atoms with Crippen LogP contribution in [0.1, 0.15) is 18.4 Å². The number of carbonyl (C=O) groups is 2. The molecule has 0 heterocycles. The van der Waals surface area contributed by atoms with Crippen molar-refractivity contribution in [1.82, 2.24) is 10.6 Å². The zero-order chi connectivity index (χ0) is 34.9. The lowest BCUT2D eigenvalue weighted by molar-refractivity contribution is 0.251. The number of hydrogen-bond acceptors (Lipinski definition) is 6. The summed E-state index contributed by atoms with van der Waals surface area (Å²) in [6.45, 7) is 33.6. The summed E-state index contributed by atoms with van der Waals surface area (Å²) in [6, 6.07) is 6.56. The largest absolute Gasteiger partial charge is 0.437 e. The number of rotatable bonds is 18. The van der Waals surface area contributed by atoms with E-state index in [0.717, 1.165) is 30.5 Å². The third-order valence-corrected chi connectivity index (χ3v) is 25.3. The Labute approximate surface area is 280 Å². The van der Waals surface area contributed by atoms with Crippen LogP contribution < -0.4 is 21.3 Å². The third-order valence-electron chi connectivity index (χ3n) is 6.11. The number of urea groups is 2. The highest BCUT2D eigenvalue weighted by atomic mass is 28.5. The van der Waals surface area contributed by atoms with Gasteiger partial charge in [-0.25, -0.2) is 9.59 Å². The molecule has 0 aliphatic rings. The van der Waals surface area contributed by atoms with Gasteiger partial charge < -0.3 is 37.7 Å². The first-order chi connectivity index (χ1) is 20.2. The normalized spacial score (nSPS) is 13.4. The van der Waals surface area contributed by atoms with E-state index in [2.05, 4.69) is 113 Å². The van der Waals surface area contributed by atoms with E-state index in [1.54, 1.807) is 0 Å².